The molecule has 0 unspecified atom stereocenters. The fourth-order valence-electron chi connectivity index (χ4n) is 1.14. The first-order chi connectivity index (χ1) is 7.49. The Morgan fingerprint density at radius 1 is 1.50 bits per heavy atom. The smallest absolute Gasteiger partial charge is 0.328 e. The number of halogens is 1. The molecule has 0 atom stereocenters. The van der Waals surface area contributed by atoms with Crippen molar-refractivity contribution in [3.63, 3.8) is 0 Å². The predicted molar refractivity (Wildman–Crippen MR) is 58.8 cm³/mol. The molecule has 1 aromatic rings. The maximum absolute atomic E-state index is 13.4. The first kappa shape index (κ1) is 12.2. The lowest BCUT2D eigenvalue weighted by Crippen LogP contribution is -2.06. The van der Waals surface area contributed by atoms with Crippen LogP contribution in [0.1, 0.15) is 19.4 Å². The average molecular weight is 224 g/mol. The van der Waals surface area contributed by atoms with Crippen LogP contribution in [0.4, 0.5) is 4.39 Å². The van der Waals surface area contributed by atoms with E-state index in [1.807, 2.05) is 0 Å². The van der Waals surface area contributed by atoms with E-state index >= 15 is 0 Å². The molecule has 0 saturated carbocycles. The number of hydrogen-bond acceptors (Lipinski definition) is 2. The van der Waals surface area contributed by atoms with E-state index in [2.05, 4.69) is 0 Å². The van der Waals surface area contributed by atoms with Crippen LogP contribution in [0, 0.1) is 5.82 Å². The van der Waals surface area contributed by atoms with Crippen LogP contribution in [0.2, 0.25) is 0 Å². The number of rotatable bonds is 4. The van der Waals surface area contributed by atoms with E-state index in [1.165, 1.54) is 18.2 Å². The van der Waals surface area contributed by atoms with Crippen molar-refractivity contribution in [3.8, 4) is 5.75 Å². The van der Waals surface area contributed by atoms with Crippen LogP contribution < -0.4 is 4.74 Å². The Bertz CT molecular complexity index is 411. The summed E-state index contributed by atoms with van der Waals surface area (Å²) in [6.45, 7) is 3.61. The fourth-order valence-corrected chi connectivity index (χ4v) is 1.14. The van der Waals surface area contributed by atoms with Gasteiger partial charge < -0.3 is 9.84 Å². The second-order valence-corrected chi connectivity index (χ2v) is 3.53. The molecular formula is C12H13FO3. The Hall–Kier alpha value is -1.84. The van der Waals surface area contributed by atoms with E-state index in [0.29, 0.717) is 5.56 Å². The Morgan fingerprint density at radius 3 is 2.69 bits per heavy atom. The average Bonchev–Trinajstić information content (AvgIpc) is 2.18. The SMILES string of the molecule is CC(C)Oc1ccc(/C=C/C(=O)O)cc1F. The highest BCUT2D eigenvalue weighted by Gasteiger charge is 2.05. The summed E-state index contributed by atoms with van der Waals surface area (Å²) in [6.07, 6.45) is 2.18. The Morgan fingerprint density at radius 2 is 2.19 bits per heavy atom. The van der Waals surface area contributed by atoms with Crippen LogP contribution in [0.25, 0.3) is 6.08 Å². The van der Waals surface area contributed by atoms with Gasteiger partial charge in [-0.25, -0.2) is 9.18 Å². The van der Waals surface area contributed by atoms with Gasteiger partial charge >= 0.3 is 5.97 Å². The summed E-state index contributed by atoms with van der Waals surface area (Å²) in [5.74, 6) is -1.40. The normalized spacial score (nSPS) is 11.0. The molecule has 3 nitrogen and oxygen atoms in total. The molecular weight excluding hydrogens is 211 g/mol. The molecule has 1 N–H and O–H groups in total. The lowest BCUT2D eigenvalue weighted by Gasteiger charge is -2.10. The zero-order valence-electron chi connectivity index (χ0n) is 9.11. The monoisotopic (exact) mass is 224 g/mol. The van der Waals surface area contributed by atoms with Crippen molar-refractivity contribution in [1.29, 1.82) is 0 Å². The van der Waals surface area contributed by atoms with Crippen molar-refractivity contribution in [2.75, 3.05) is 0 Å². The zero-order chi connectivity index (χ0) is 12.1. The number of hydrogen-bond donors (Lipinski definition) is 1. The van der Waals surface area contributed by atoms with Crippen LogP contribution in [0.15, 0.2) is 24.3 Å². The van der Waals surface area contributed by atoms with E-state index in [0.717, 1.165) is 6.08 Å². The molecule has 0 bridgehead atoms. The van der Waals surface area contributed by atoms with Gasteiger partial charge in [-0.3, -0.25) is 0 Å². The van der Waals surface area contributed by atoms with Crippen LogP contribution in [-0.2, 0) is 4.79 Å². The number of aliphatic carboxylic acids is 1. The van der Waals surface area contributed by atoms with Gasteiger partial charge in [0, 0.05) is 6.08 Å². The number of carboxylic acid groups (broad SMARTS) is 1. The van der Waals surface area contributed by atoms with Gasteiger partial charge in [0.15, 0.2) is 11.6 Å². The molecule has 0 aromatic heterocycles. The molecule has 86 valence electrons. The van der Waals surface area contributed by atoms with E-state index in [1.54, 1.807) is 19.9 Å². The van der Waals surface area contributed by atoms with E-state index in [4.69, 9.17) is 9.84 Å². The maximum Gasteiger partial charge on any atom is 0.328 e. The molecule has 16 heavy (non-hydrogen) atoms. The minimum absolute atomic E-state index is 0.102. The molecule has 0 aliphatic heterocycles. The second kappa shape index (κ2) is 5.30. The summed E-state index contributed by atoms with van der Waals surface area (Å²) < 4.78 is 18.6. The lowest BCUT2D eigenvalue weighted by atomic mass is 10.2. The highest BCUT2D eigenvalue weighted by atomic mass is 19.1. The molecule has 0 heterocycles. The topological polar surface area (TPSA) is 46.5 Å². The number of benzene rings is 1. The summed E-state index contributed by atoms with van der Waals surface area (Å²) in [4.78, 5) is 10.3. The third-order valence-electron chi connectivity index (χ3n) is 1.74. The van der Waals surface area contributed by atoms with Gasteiger partial charge in [0.1, 0.15) is 0 Å². The number of carbonyl (C=O) groups is 1. The van der Waals surface area contributed by atoms with Crippen LogP contribution in [0.5, 0.6) is 5.75 Å². The van der Waals surface area contributed by atoms with Gasteiger partial charge in [0.2, 0.25) is 0 Å². The molecule has 1 aromatic carbocycles. The second-order valence-electron chi connectivity index (χ2n) is 3.53. The number of carboxylic acids is 1. The zero-order valence-corrected chi connectivity index (χ0v) is 9.11. The quantitative estimate of drug-likeness (QED) is 0.800. The van der Waals surface area contributed by atoms with Gasteiger partial charge in [-0.05, 0) is 37.6 Å². The standard InChI is InChI=1S/C12H13FO3/c1-8(2)16-11-5-3-9(7-10(11)13)4-6-12(14)15/h3-8H,1-2H3,(H,14,15)/b6-4+. The van der Waals surface area contributed by atoms with Crippen molar-refractivity contribution in [1.82, 2.24) is 0 Å². The molecule has 0 fully saturated rings. The van der Waals surface area contributed by atoms with Gasteiger partial charge in [0.05, 0.1) is 6.10 Å². The first-order valence-corrected chi connectivity index (χ1v) is 4.86. The van der Waals surface area contributed by atoms with Crippen molar-refractivity contribution in [3.05, 3.63) is 35.7 Å². The van der Waals surface area contributed by atoms with E-state index in [-0.39, 0.29) is 11.9 Å². The third kappa shape index (κ3) is 3.73. The van der Waals surface area contributed by atoms with Crippen molar-refractivity contribution >= 4 is 12.0 Å². The molecule has 0 radical (unpaired) electrons. The summed E-state index contributed by atoms with van der Waals surface area (Å²) in [5.41, 5.74) is 0.482. The lowest BCUT2D eigenvalue weighted by molar-refractivity contribution is -0.131. The highest BCUT2D eigenvalue weighted by Crippen LogP contribution is 2.20. The summed E-state index contributed by atoms with van der Waals surface area (Å²) in [5, 5.41) is 8.41. The third-order valence-corrected chi connectivity index (χ3v) is 1.74. The fraction of sp³-hybridized carbons (Fsp3) is 0.250. The predicted octanol–water partition coefficient (Wildman–Crippen LogP) is 2.71. The maximum atomic E-state index is 13.4. The van der Waals surface area contributed by atoms with Crippen LogP contribution in [-0.4, -0.2) is 17.2 Å². The van der Waals surface area contributed by atoms with Crippen LogP contribution >= 0.6 is 0 Å². The molecule has 4 heteroatoms. The highest BCUT2D eigenvalue weighted by molar-refractivity contribution is 5.85. The van der Waals surface area contributed by atoms with Crippen LogP contribution in [0.3, 0.4) is 0 Å². The van der Waals surface area contributed by atoms with Crippen molar-refractivity contribution < 1.29 is 19.0 Å². The molecule has 0 amide bonds. The van der Waals surface area contributed by atoms with Gasteiger partial charge in [-0.15, -0.1) is 0 Å². The molecule has 0 spiro atoms. The van der Waals surface area contributed by atoms with Gasteiger partial charge in [0.25, 0.3) is 0 Å². The van der Waals surface area contributed by atoms with Crippen molar-refractivity contribution in [2.45, 2.75) is 20.0 Å². The largest absolute Gasteiger partial charge is 0.488 e. The molecule has 0 aliphatic carbocycles. The van der Waals surface area contributed by atoms with Crippen molar-refractivity contribution in [2.24, 2.45) is 0 Å². The van der Waals surface area contributed by atoms with E-state index < -0.39 is 11.8 Å². The molecule has 0 aliphatic rings. The first-order valence-electron chi connectivity index (χ1n) is 4.86. The molecule has 0 saturated heterocycles. The summed E-state index contributed by atoms with van der Waals surface area (Å²) in [7, 11) is 0. The summed E-state index contributed by atoms with van der Waals surface area (Å²) in [6, 6.07) is 4.31. The molecule has 1 rings (SSSR count). The minimum atomic E-state index is -1.07. The Labute approximate surface area is 93.2 Å². The van der Waals surface area contributed by atoms with Gasteiger partial charge in [-0.2, -0.15) is 0 Å². The Balaban J connectivity index is 2.86. The Kier molecular flexibility index (Phi) is 4.05. The van der Waals surface area contributed by atoms with E-state index in [9.17, 15) is 9.18 Å². The van der Waals surface area contributed by atoms with Gasteiger partial charge in [-0.1, -0.05) is 6.07 Å². The summed E-state index contributed by atoms with van der Waals surface area (Å²) >= 11 is 0. The number of ether oxygens (including phenoxy) is 1. The minimum Gasteiger partial charge on any atom is -0.488 e.